The Labute approximate surface area is 64.5 Å². The van der Waals surface area contributed by atoms with Gasteiger partial charge in [0.2, 0.25) is 0 Å². The molecule has 0 unspecified atom stereocenters. The van der Waals surface area contributed by atoms with Gasteiger partial charge in [-0.05, 0) is 0 Å². The molecule has 0 aliphatic heterocycles. The van der Waals surface area contributed by atoms with Gasteiger partial charge >= 0.3 is 5.97 Å². The fourth-order valence-electron chi connectivity index (χ4n) is 0.442. The van der Waals surface area contributed by atoms with Crippen molar-refractivity contribution in [2.75, 3.05) is 19.8 Å². The highest BCUT2D eigenvalue weighted by molar-refractivity contribution is 5.69. The normalized spacial score (nSPS) is 8.82. The first-order chi connectivity index (χ1) is 5.31. The van der Waals surface area contributed by atoms with E-state index in [1.807, 2.05) is 0 Å². The number of ether oxygens (including phenoxy) is 2. The second kappa shape index (κ2) is 7.01. The van der Waals surface area contributed by atoms with E-state index in [4.69, 9.17) is 5.73 Å². The molecule has 5 heteroatoms. The van der Waals surface area contributed by atoms with Crippen molar-refractivity contribution in [3.63, 3.8) is 0 Å². The molecular weight excluding hydrogens is 150 g/mol. The molecule has 64 valence electrons. The van der Waals surface area contributed by atoms with Crippen LogP contribution in [0.15, 0.2) is 0 Å². The van der Waals surface area contributed by atoms with Crippen LogP contribution >= 0.6 is 0 Å². The molecule has 0 heterocycles. The van der Waals surface area contributed by atoms with E-state index in [2.05, 4.69) is 9.47 Å². The van der Waals surface area contributed by atoms with Crippen molar-refractivity contribution < 1.29 is 19.1 Å². The molecule has 5 nitrogen and oxygen atoms in total. The molecule has 11 heavy (non-hydrogen) atoms. The van der Waals surface area contributed by atoms with E-state index >= 15 is 0 Å². The Balaban J connectivity index is 3.10. The van der Waals surface area contributed by atoms with E-state index in [0.29, 0.717) is 6.47 Å². The molecule has 0 atom stereocenters. The molecule has 0 aromatic carbocycles. The third-order valence-corrected chi connectivity index (χ3v) is 0.881. The maximum Gasteiger partial charge on any atom is 0.307 e. The highest BCUT2D eigenvalue weighted by atomic mass is 16.6. The summed E-state index contributed by atoms with van der Waals surface area (Å²) in [6.45, 7) is 0.765. The van der Waals surface area contributed by atoms with Gasteiger partial charge in [-0.25, -0.2) is 0 Å². The first-order valence-electron chi connectivity index (χ1n) is 3.22. The largest absolute Gasteiger partial charge is 0.464 e. The number of rotatable bonds is 6. The van der Waals surface area contributed by atoms with Crippen LogP contribution in [-0.4, -0.2) is 32.2 Å². The summed E-state index contributed by atoms with van der Waals surface area (Å²) in [4.78, 5) is 20.2. The van der Waals surface area contributed by atoms with Crippen molar-refractivity contribution >= 4 is 12.4 Å². The Morgan fingerprint density at radius 1 is 1.45 bits per heavy atom. The van der Waals surface area contributed by atoms with Gasteiger partial charge in [0.05, 0.1) is 6.42 Å². The molecule has 0 spiro atoms. The summed E-state index contributed by atoms with van der Waals surface area (Å²) in [5, 5.41) is 0. The Bertz CT molecular complexity index is 126. The summed E-state index contributed by atoms with van der Waals surface area (Å²) in [5.74, 6) is -0.373. The number of nitrogens with two attached hydrogens (primary N) is 1. The average molecular weight is 161 g/mol. The first-order valence-corrected chi connectivity index (χ1v) is 3.22. The topological polar surface area (TPSA) is 78.6 Å². The summed E-state index contributed by atoms with van der Waals surface area (Å²) in [6.07, 6.45) is 0.196. The van der Waals surface area contributed by atoms with Gasteiger partial charge in [-0.15, -0.1) is 0 Å². The molecule has 0 saturated heterocycles. The maximum atomic E-state index is 10.6. The van der Waals surface area contributed by atoms with E-state index in [0.717, 1.165) is 0 Å². The molecular formula is C6H11NO4. The van der Waals surface area contributed by atoms with E-state index in [9.17, 15) is 9.59 Å². The van der Waals surface area contributed by atoms with E-state index < -0.39 is 0 Å². The fourth-order valence-corrected chi connectivity index (χ4v) is 0.442. The zero-order valence-electron chi connectivity index (χ0n) is 6.12. The van der Waals surface area contributed by atoms with E-state index in [-0.39, 0.29) is 32.1 Å². The van der Waals surface area contributed by atoms with Gasteiger partial charge in [0.1, 0.15) is 13.2 Å². The smallest absolute Gasteiger partial charge is 0.307 e. The van der Waals surface area contributed by atoms with Crippen molar-refractivity contribution in [1.82, 2.24) is 0 Å². The minimum absolute atomic E-state index is 0.0948. The number of esters is 1. The second-order valence-electron chi connectivity index (χ2n) is 1.73. The molecule has 0 bridgehead atoms. The lowest BCUT2D eigenvalue weighted by Gasteiger charge is -2.01. The van der Waals surface area contributed by atoms with Crippen LogP contribution in [0.3, 0.4) is 0 Å². The molecule has 2 N–H and O–H groups in total. The van der Waals surface area contributed by atoms with Crippen molar-refractivity contribution in [1.29, 1.82) is 0 Å². The Kier molecular flexibility index (Phi) is 6.31. The molecule has 0 aromatic rings. The van der Waals surface area contributed by atoms with Gasteiger partial charge in [0.15, 0.2) is 0 Å². The Hall–Kier alpha value is -1.10. The lowest BCUT2D eigenvalue weighted by molar-refractivity contribution is -0.147. The van der Waals surface area contributed by atoms with Gasteiger partial charge in [0.25, 0.3) is 6.47 Å². The Morgan fingerprint density at radius 2 is 2.18 bits per heavy atom. The van der Waals surface area contributed by atoms with Crippen LogP contribution < -0.4 is 5.73 Å². The van der Waals surface area contributed by atoms with Gasteiger partial charge in [-0.2, -0.15) is 0 Å². The van der Waals surface area contributed by atoms with Crippen LogP contribution in [0.4, 0.5) is 0 Å². The fraction of sp³-hybridized carbons (Fsp3) is 0.667. The predicted octanol–water partition coefficient (Wildman–Crippen LogP) is -0.949. The quantitative estimate of drug-likeness (QED) is 0.309. The SMILES string of the molecule is NCCC(=O)OCCOC=O. The molecule has 0 saturated carbocycles. The molecule has 0 fully saturated rings. The summed E-state index contributed by atoms with van der Waals surface area (Å²) in [7, 11) is 0. The molecule has 0 rings (SSSR count). The van der Waals surface area contributed by atoms with Crippen molar-refractivity contribution in [2.45, 2.75) is 6.42 Å². The average Bonchev–Trinajstić information content (AvgIpc) is 1.99. The third-order valence-electron chi connectivity index (χ3n) is 0.881. The van der Waals surface area contributed by atoms with Crippen LogP contribution in [-0.2, 0) is 19.1 Å². The molecule has 0 aromatic heterocycles. The molecule has 0 aliphatic carbocycles. The first kappa shape index (κ1) is 9.90. The van der Waals surface area contributed by atoms with Crippen molar-refractivity contribution in [3.8, 4) is 0 Å². The Morgan fingerprint density at radius 3 is 2.73 bits per heavy atom. The van der Waals surface area contributed by atoms with Crippen molar-refractivity contribution in [3.05, 3.63) is 0 Å². The van der Waals surface area contributed by atoms with Gasteiger partial charge in [0, 0.05) is 6.54 Å². The maximum absolute atomic E-state index is 10.6. The molecule has 0 aliphatic rings. The standard InChI is InChI=1S/C6H11NO4/c7-2-1-6(9)11-4-3-10-5-8/h5H,1-4,7H2. The zero-order chi connectivity index (χ0) is 8.53. The number of hydrogen-bond acceptors (Lipinski definition) is 5. The van der Waals surface area contributed by atoms with Gasteiger partial charge in [-0.1, -0.05) is 0 Å². The third kappa shape index (κ3) is 6.79. The predicted molar refractivity (Wildman–Crippen MR) is 36.6 cm³/mol. The molecule has 0 radical (unpaired) electrons. The molecule has 0 amide bonds. The second-order valence-corrected chi connectivity index (χ2v) is 1.73. The summed E-state index contributed by atoms with van der Waals surface area (Å²) in [5.41, 5.74) is 5.07. The number of hydrogen-bond donors (Lipinski definition) is 1. The van der Waals surface area contributed by atoms with Crippen LogP contribution in [0.25, 0.3) is 0 Å². The van der Waals surface area contributed by atoms with Crippen molar-refractivity contribution in [2.24, 2.45) is 5.73 Å². The van der Waals surface area contributed by atoms with Crippen LogP contribution in [0.5, 0.6) is 0 Å². The summed E-state index contributed by atoms with van der Waals surface area (Å²) >= 11 is 0. The lowest BCUT2D eigenvalue weighted by atomic mass is 10.4. The van der Waals surface area contributed by atoms with Crippen LogP contribution in [0, 0.1) is 0 Å². The highest BCUT2D eigenvalue weighted by Gasteiger charge is 1.98. The minimum Gasteiger partial charge on any atom is -0.464 e. The number of carbonyl (C=O) groups is 2. The zero-order valence-corrected chi connectivity index (χ0v) is 6.12. The minimum atomic E-state index is -0.373. The van der Waals surface area contributed by atoms with E-state index in [1.165, 1.54) is 0 Å². The lowest BCUT2D eigenvalue weighted by Crippen LogP contribution is -2.14. The van der Waals surface area contributed by atoms with Gasteiger partial charge < -0.3 is 15.2 Å². The summed E-state index contributed by atoms with van der Waals surface area (Å²) < 4.78 is 8.85. The highest BCUT2D eigenvalue weighted by Crippen LogP contribution is 1.83. The number of carbonyl (C=O) groups excluding carboxylic acids is 2. The van der Waals surface area contributed by atoms with E-state index in [1.54, 1.807) is 0 Å². The van der Waals surface area contributed by atoms with Gasteiger partial charge in [-0.3, -0.25) is 9.59 Å². The van der Waals surface area contributed by atoms with Crippen LogP contribution in [0.2, 0.25) is 0 Å². The van der Waals surface area contributed by atoms with Crippen LogP contribution in [0.1, 0.15) is 6.42 Å². The summed E-state index contributed by atoms with van der Waals surface area (Å²) in [6, 6.07) is 0. The monoisotopic (exact) mass is 161 g/mol.